The summed E-state index contributed by atoms with van der Waals surface area (Å²) in [6.07, 6.45) is 0.233. The molecular formula is C25H29FN4O4. The molecule has 8 nitrogen and oxygen atoms in total. The first-order valence-electron chi connectivity index (χ1n) is 11.4. The van der Waals surface area contributed by atoms with E-state index in [1.54, 1.807) is 42.2 Å². The first kappa shape index (κ1) is 23.8. The van der Waals surface area contributed by atoms with Gasteiger partial charge in [-0.3, -0.25) is 9.59 Å². The molecule has 4 rings (SSSR count). The summed E-state index contributed by atoms with van der Waals surface area (Å²) in [6.45, 7) is 6.41. The van der Waals surface area contributed by atoms with Crippen LogP contribution in [0.25, 0.3) is 0 Å². The second-order valence-corrected chi connectivity index (χ2v) is 9.38. The zero-order valence-electron chi connectivity index (χ0n) is 19.5. The van der Waals surface area contributed by atoms with Crippen molar-refractivity contribution in [3.05, 3.63) is 69.9 Å². The lowest BCUT2D eigenvalue weighted by molar-refractivity contribution is -0.140. The van der Waals surface area contributed by atoms with Gasteiger partial charge in [-0.2, -0.15) is 0 Å². The highest BCUT2D eigenvalue weighted by Gasteiger charge is 2.51. The third kappa shape index (κ3) is 4.65. The number of nitrogens with two attached hydrogens (primary N) is 1. The minimum Gasteiger partial charge on any atom is -0.461 e. The molecule has 2 N–H and O–H groups in total. The van der Waals surface area contributed by atoms with Crippen LogP contribution in [0.15, 0.2) is 47.6 Å². The van der Waals surface area contributed by atoms with Gasteiger partial charge < -0.3 is 20.3 Å². The average molecular weight is 469 g/mol. The highest BCUT2D eigenvalue weighted by molar-refractivity contribution is 5.95. The summed E-state index contributed by atoms with van der Waals surface area (Å²) in [5, 5.41) is 3.02. The van der Waals surface area contributed by atoms with Crippen LogP contribution >= 0.6 is 0 Å². The average Bonchev–Trinajstić information content (AvgIpc) is 3.57. The maximum atomic E-state index is 13.5. The van der Waals surface area contributed by atoms with Crippen LogP contribution in [0.3, 0.4) is 0 Å². The Labute approximate surface area is 197 Å². The Bertz CT molecular complexity index is 1090. The van der Waals surface area contributed by atoms with E-state index in [1.807, 2.05) is 18.7 Å². The number of aryl methyl sites for hydroxylation is 1. The van der Waals surface area contributed by atoms with E-state index in [0.717, 1.165) is 0 Å². The number of nitrogens with zero attached hydrogens (tertiary/aromatic N) is 3. The van der Waals surface area contributed by atoms with Crippen molar-refractivity contribution in [1.82, 2.24) is 9.80 Å². The maximum Gasteiger partial charge on any atom is 0.255 e. The number of piperazine rings is 1. The van der Waals surface area contributed by atoms with Crippen molar-refractivity contribution in [2.75, 3.05) is 13.1 Å². The predicted octanol–water partition coefficient (Wildman–Crippen LogP) is 3.53. The number of hydrogen-bond donors (Lipinski definition) is 1. The summed E-state index contributed by atoms with van der Waals surface area (Å²) in [7, 11) is 0. The van der Waals surface area contributed by atoms with E-state index in [-0.39, 0.29) is 29.6 Å². The molecule has 3 atom stereocenters. The number of carbonyl (C=O) groups excluding carboxylic acids is 2. The van der Waals surface area contributed by atoms with Crippen LogP contribution in [0.2, 0.25) is 0 Å². The maximum absolute atomic E-state index is 13.5. The summed E-state index contributed by atoms with van der Waals surface area (Å²) in [5.74, 6) is -0.450. The molecule has 1 aliphatic heterocycles. The van der Waals surface area contributed by atoms with Crippen LogP contribution in [0.1, 0.15) is 54.4 Å². The van der Waals surface area contributed by atoms with Crippen LogP contribution in [0.5, 0.6) is 5.75 Å². The number of benzene rings is 2. The number of rotatable bonds is 6. The molecule has 0 aromatic heterocycles. The molecule has 0 bridgehead atoms. The van der Waals surface area contributed by atoms with E-state index < -0.39 is 17.6 Å². The highest BCUT2D eigenvalue weighted by atomic mass is 19.1. The van der Waals surface area contributed by atoms with Gasteiger partial charge in [0.15, 0.2) is 0 Å². The predicted molar refractivity (Wildman–Crippen MR) is 125 cm³/mol. The van der Waals surface area contributed by atoms with Crippen molar-refractivity contribution in [3.8, 4) is 5.75 Å². The van der Waals surface area contributed by atoms with Crippen LogP contribution in [-0.2, 0) is 4.79 Å². The first-order valence-corrected chi connectivity index (χ1v) is 11.4. The Morgan fingerprint density at radius 3 is 2.29 bits per heavy atom. The third-order valence-electron chi connectivity index (χ3n) is 6.58. The van der Waals surface area contributed by atoms with E-state index in [4.69, 9.17) is 10.5 Å². The molecule has 180 valence electrons. The number of carbonyl (C=O) groups is 2. The normalized spacial score (nSPS) is 22.1. The van der Waals surface area contributed by atoms with Gasteiger partial charge in [-0.25, -0.2) is 4.39 Å². The van der Waals surface area contributed by atoms with E-state index in [2.05, 4.69) is 5.18 Å². The van der Waals surface area contributed by atoms with Crippen LogP contribution in [0, 0.1) is 17.6 Å². The molecule has 2 amide bonds. The molecule has 1 heterocycles. The van der Waals surface area contributed by atoms with Crippen molar-refractivity contribution < 1.29 is 18.7 Å². The van der Waals surface area contributed by atoms with Gasteiger partial charge in [-0.15, -0.1) is 4.91 Å². The standard InChI is InChI=1S/C25H29FN4O4/c1-15-4-9-20(26)12-21(15)34-22(28-33)18-5-7-19(8-6-18)23(31)29-13-16(2)30(17(3)14-29)24(32)25(27)10-11-25/h4-9,12,16-17,22H,10-11,13-14,27H2,1-3H3/t16-,17+,22?. The second kappa shape index (κ2) is 9.13. The van der Waals surface area contributed by atoms with Gasteiger partial charge in [-0.05, 0) is 62.6 Å². The molecule has 2 fully saturated rings. The molecule has 9 heteroatoms. The quantitative estimate of drug-likeness (QED) is 0.653. The zero-order chi connectivity index (χ0) is 24.6. The Hall–Kier alpha value is -3.33. The molecule has 2 aliphatic rings. The number of halogens is 1. The molecule has 2 aromatic rings. The van der Waals surface area contributed by atoms with Crippen LogP contribution in [-0.4, -0.2) is 52.3 Å². The van der Waals surface area contributed by atoms with E-state index in [9.17, 15) is 18.9 Å². The lowest BCUT2D eigenvalue weighted by Crippen LogP contribution is -2.63. The third-order valence-corrected chi connectivity index (χ3v) is 6.58. The van der Waals surface area contributed by atoms with Crippen LogP contribution < -0.4 is 10.5 Å². The second-order valence-electron chi connectivity index (χ2n) is 9.38. The van der Waals surface area contributed by atoms with Gasteiger partial charge in [-0.1, -0.05) is 18.2 Å². The van der Waals surface area contributed by atoms with Crippen LogP contribution in [0.4, 0.5) is 4.39 Å². The number of amides is 2. The molecule has 0 spiro atoms. The van der Waals surface area contributed by atoms with Crippen molar-refractivity contribution in [2.45, 2.75) is 57.5 Å². The molecule has 1 saturated heterocycles. The molecule has 1 unspecified atom stereocenters. The zero-order valence-corrected chi connectivity index (χ0v) is 19.5. The van der Waals surface area contributed by atoms with Gasteiger partial charge in [0, 0.05) is 42.4 Å². The number of ether oxygens (including phenoxy) is 1. The molecule has 1 saturated carbocycles. The molecule has 2 aromatic carbocycles. The number of hydrogen-bond acceptors (Lipinski definition) is 6. The van der Waals surface area contributed by atoms with Gasteiger partial charge in [0.05, 0.1) is 5.54 Å². The Kier molecular flexibility index (Phi) is 6.40. The molecular weight excluding hydrogens is 439 g/mol. The SMILES string of the molecule is Cc1ccc(F)cc1OC(N=O)c1ccc(C(=O)N2C[C@@H](C)N(C(=O)C3(N)CC3)[C@@H](C)C2)cc1. The fourth-order valence-corrected chi connectivity index (χ4v) is 4.44. The smallest absolute Gasteiger partial charge is 0.255 e. The van der Waals surface area contributed by atoms with E-state index >= 15 is 0 Å². The van der Waals surface area contributed by atoms with Crippen molar-refractivity contribution >= 4 is 11.8 Å². The van der Waals surface area contributed by atoms with E-state index in [0.29, 0.717) is 42.6 Å². The first-order chi connectivity index (χ1) is 16.1. The Morgan fingerprint density at radius 1 is 1.12 bits per heavy atom. The topological polar surface area (TPSA) is 105 Å². The van der Waals surface area contributed by atoms with Crippen molar-refractivity contribution in [1.29, 1.82) is 0 Å². The number of nitroso groups, excluding NO2 is 1. The molecule has 1 aliphatic carbocycles. The largest absolute Gasteiger partial charge is 0.461 e. The highest BCUT2D eigenvalue weighted by Crippen LogP contribution is 2.36. The van der Waals surface area contributed by atoms with E-state index in [1.165, 1.54) is 12.1 Å². The lowest BCUT2D eigenvalue weighted by atomic mass is 10.0. The summed E-state index contributed by atoms with van der Waals surface area (Å²) in [4.78, 5) is 40.9. The minimum absolute atomic E-state index is 0.0371. The monoisotopic (exact) mass is 468 g/mol. The van der Waals surface area contributed by atoms with Gasteiger partial charge in [0.25, 0.3) is 12.1 Å². The van der Waals surface area contributed by atoms with Crippen molar-refractivity contribution in [3.63, 3.8) is 0 Å². The fourth-order valence-electron chi connectivity index (χ4n) is 4.44. The van der Waals surface area contributed by atoms with Crippen molar-refractivity contribution in [2.24, 2.45) is 10.9 Å². The lowest BCUT2D eigenvalue weighted by Gasteiger charge is -2.45. The van der Waals surface area contributed by atoms with Gasteiger partial charge in [0.1, 0.15) is 11.6 Å². The Balaban J connectivity index is 1.44. The summed E-state index contributed by atoms with van der Waals surface area (Å²) >= 11 is 0. The fraction of sp³-hybridized carbons (Fsp3) is 0.440. The van der Waals surface area contributed by atoms with Gasteiger partial charge in [0.2, 0.25) is 5.91 Å². The molecule has 0 radical (unpaired) electrons. The minimum atomic E-state index is -1.18. The van der Waals surface area contributed by atoms with Gasteiger partial charge >= 0.3 is 0 Å². The molecule has 34 heavy (non-hydrogen) atoms. The summed E-state index contributed by atoms with van der Waals surface area (Å²) in [6, 6.07) is 10.2. The summed E-state index contributed by atoms with van der Waals surface area (Å²) < 4.78 is 19.2. The Morgan fingerprint density at radius 2 is 1.74 bits per heavy atom. The summed E-state index contributed by atoms with van der Waals surface area (Å²) in [5.41, 5.74) is 6.95.